The van der Waals surface area contributed by atoms with Gasteiger partial charge in [0.05, 0.1) is 12.6 Å². The zero-order valence-electron chi connectivity index (χ0n) is 13.8. The van der Waals surface area contributed by atoms with E-state index in [4.69, 9.17) is 9.47 Å². The standard InChI is InChI=1S/C19H21IN2O3/c20-14-3-5-15(6-4-14)21-12-19(23)22-16-7-9-17(10-8-16)25-13-18-2-1-11-24-18/h3-10,18,21H,1-2,11-13H2,(H,22,23). The molecular formula is C19H21IN2O3. The lowest BCUT2D eigenvalue weighted by molar-refractivity contribution is -0.114. The van der Waals surface area contributed by atoms with Crippen LogP contribution in [0.5, 0.6) is 5.75 Å². The zero-order valence-corrected chi connectivity index (χ0v) is 16.0. The number of ether oxygens (including phenoxy) is 2. The van der Waals surface area contributed by atoms with Gasteiger partial charge in [0, 0.05) is 21.6 Å². The van der Waals surface area contributed by atoms with Gasteiger partial charge in [-0.1, -0.05) is 0 Å². The number of benzene rings is 2. The summed E-state index contributed by atoms with van der Waals surface area (Å²) in [5.74, 6) is 0.692. The first kappa shape index (κ1) is 18.0. The molecule has 1 aliphatic rings. The third-order valence-electron chi connectivity index (χ3n) is 3.90. The van der Waals surface area contributed by atoms with Crippen molar-refractivity contribution >= 4 is 39.9 Å². The topological polar surface area (TPSA) is 59.6 Å². The van der Waals surface area contributed by atoms with Crippen LogP contribution >= 0.6 is 22.6 Å². The molecule has 6 heteroatoms. The number of rotatable bonds is 7. The van der Waals surface area contributed by atoms with Gasteiger partial charge in [-0.25, -0.2) is 0 Å². The fourth-order valence-corrected chi connectivity index (χ4v) is 2.91. The molecule has 2 N–H and O–H groups in total. The van der Waals surface area contributed by atoms with Crippen molar-refractivity contribution in [2.45, 2.75) is 18.9 Å². The number of anilines is 2. The highest BCUT2D eigenvalue weighted by Gasteiger charge is 2.15. The van der Waals surface area contributed by atoms with Crippen molar-refractivity contribution in [1.82, 2.24) is 0 Å². The van der Waals surface area contributed by atoms with E-state index in [1.54, 1.807) is 0 Å². The van der Waals surface area contributed by atoms with Crippen molar-refractivity contribution in [1.29, 1.82) is 0 Å². The lowest BCUT2D eigenvalue weighted by atomic mass is 10.2. The Balaban J connectivity index is 1.42. The lowest BCUT2D eigenvalue weighted by Crippen LogP contribution is -2.21. The van der Waals surface area contributed by atoms with E-state index < -0.39 is 0 Å². The smallest absolute Gasteiger partial charge is 0.243 e. The molecule has 0 aromatic heterocycles. The molecule has 5 nitrogen and oxygen atoms in total. The summed E-state index contributed by atoms with van der Waals surface area (Å²) < 4.78 is 12.4. The largest absolute Gasteiger partial charge is 0.491 e. The fraction of sp³-hybridized carbons (Fsp3) is 0.316. The van der Waals surface area contributed by atoms with Crippen LogP contribution in [0.1, 0.15) is 12.8 Å². The molecule has 0 bridgehead atoms. The summed E-state index contributed by atoms with van der Waals surface area (Å²) in [5, 5.41) is 5.97. The number of hydrogen-bond donors (Lipinski definition) is 2. The SMILES string of the molecule is O=C(CNc1ccc(I)cc1)Nc1ccc(OCC2CCCO2)cc1. The molecule has 0 spiro atoms. The van der Waals surface area contributed by atoms with Gasteiger partial charge in [0.15, 0.2) is 0 Å². The van der Waals surface area contributed by atoms with Gasteiger partial charge in [-0.3, -0.25) is 4.79 Å². The summed E-state index contributed by atoms with van der Waals surface area (Å²) in [5.41, 5.74) is 1.67. The van der Waals surface area contributed by atoms with Crippen LogP contribution in [0.4, 0.5) is 11.4 Å². The molecule has 0 saturated carbocycles. The average Bonchev–Trinajstić information content (AvgIpc) is 3.14. The number of amides is 1. The van der Waals surface area contributed by atoms with Gasteiger partial charge in [-0.2, -0.15) is 0 Å². The summed E-state index contributed by atoms with van der Waals surface area (Å²) in [6.07, 6.45) is 2.36. The maximum Gasteiger partial charge on any atom is 0.243 e. The number of carbonyl (C=O) groups is 1. The minimum absolute atomic E-state index is 0.0911. The van der Waals surface area contributed by atoms with Crippen molar-refractivity contribution in [3.63, 3.8) is 0 Å². The summed E-state index contributed by atoms with van der Waals surface area (Å²) in [6.45, 7) is 1.62. The Morgan fingerprint density at radius 1 is 1.12 bits per heavy atom. The first-order chi connectivity index (χ1) is 12.2. The van der Waals surface area contributed by atoms with Crippen LogP contribution in [0.2, 0.25) is 0 Å². The molecule has 3 rings (SSSR count). The van der Waals surface area contributed by atoms with E-state index in [0.29, 0.717) is 6.61 Å². The van der Waals surface area contributed by atoms with Gasteiger partial charge in [-0.05, 0) is 84.0 Å². The van der Waals surface area contributed by atoms with Crippen LogP contribution in [0.25, 0.3) is 0 Å². The first-order valence-corrected chi connectivity index (χ1v) is 9.41. The van der Waals surface area contributed by atoms with Gasteiger partial charge in [-0.15, -0.1) is 0 Å². The molecule has 2 aromatic carbocycles. The van der Waals surface area contributed by atoms with E-state index >= 15 is 0 Å². The highest BCUT2D eigenvalue weighted by atomic mass is 127. The third kappa shape index (κ3) is 5.89. The Kier molecular flexibility index (Phi) is 6.52. The van der Waals surface area contributed by atoms with Crippen LogP contribution in [0.15, 0.2) is 48.5 Å². The molecule has 1 aliphatic heterocycles. The highest BCUT2D eigenvalue weighted by Crippen LogP contribution is 2.18. The molecule has 132 valence electrons. The Hall–Kier alpha value is -1.80. The van der Waals surface area contributed by atoms with Crippen LogP contribution < -0.4 is 15.4 Å². The summed E-state index contributed by atoms with van der Waals surface area (Å²) in [4.78, 5) is 12.0. The molecule has 1 unspecified atom stereocenters. The molecule has 25 heavy (non-hydrogen) atoms. The molecule has 2 aromatic rings. The monoisotopic (exact) mass is 452 g/mol. The molecule has 1 saturated heterocycles. The Labute approximate surface area is 161 Å². The predicted molar refractivity (Wildman–Crippen MR) is 107 cm³/mol. The minimum atomic E-state index is -0.0911. The molecule has 1 atom stereocenters. The van der Waals surface area contributed by atoms with E-state index in [1.165, 1.54) is 0 Å². The maximum absolute atomic E-state index is 12.0. The van der Waals surface area contributed by atoms with E-state index in [0.717, 1.165) is 40.1 Å². The third-order valence-corrected chi connectivity index (χ3v) is 4.61. The second-order valence-corrected chi connectivity index (χ2v) is 7.12. The van der Waals surface area contributed by atoms with Crippen molar-refractivity contribution in [2.24, 2.45) is 0 Å². The second kappa shape index (κ2) is 9.05. The quantitative estimate of drug-likeness (QED) is 0.626. The Morgan fingerprint density at radius 3 is 2.52 bits per heavy atom. The Bertz CT molecular complexity index is 683. The second-order valence-electron chi connectivity index (χ2n) is 5.88. The van der Waals surface area contributed by atoms with E-state index in [9.17, 15) is 4.79 Å². The minimum Gasteiger partial charge on any atom is -0.491 e. The van der Waals surface area contributed by atoms with Crippen molar-refractivity contribution in [2.75, 3.05) is 30.4 Å². The molecule has 1 amide bonds. The molecule has 1 fully saturated rings. The normalized spacial score (nSPS) is 16.4. The van der Waals surface area contributed by atoms with Crippen molar-refractivity contribution < 1.29 is 14.3 Å². The van der Waals surface area contributed by atoms with Gasteiger partial charge in [0.25, 0.3) is 0 Å². The first-order valence-electron chi connectivity index (χ1n) is 8.33. The van der Waals surface area contributed by atoms with Crippen molar-refractivity contribution in [3.8, 4) is 5.75 Å². The molecule has 0 aliphatic carbocycles. The van der Waals surface area contributed by atoms with Crippen molar-refractivity contribution in [3.05, 3.63) is 52.1 Å². The zero-order chi connectivity index (χ0) is 17.5. The van der Waals surface area contributed by atoms with E-state index in [-0.39, 0.29) is 18.6 Å². The number of halogens is 1. The number of carbonyl (C=O) groups excluding carboxylic acids is 1. The summed E-state index contributed by atoms with van der Waals surface area (Å²) in [6, 6.07) is 15.3. The number of nitrogens with one attached hydrogen (secondary N) is 2. The fourth-order valence-electron chi connectivity index (χ4n) is 2.55. The molecule has 1 heterocycles. The maximum atomic E-state index is 12.0. The summed E-state index contributed by atoms with van der Waals surface area (Å²) >= 11 is 2.25. The van der Waals surface area contributed by atoms with Gasteiger partial charge < -0.3 is 20.1 Å². The van der Waals surface area contributed by atoms with E-state index in [1.807, 2.05) is 48.5 Å². The van der Waals surface area contributed by atoms with Crippen LogP contribution in [-0.2, 0) is 9.53 Å². The van der Waals surface area contributed by atoms with Gasteiger partial charge in [0.1, 0.15) is 12.4 Å². The lowest BCUT2D eigenvalue weighted by Gasteiger charge is -2.12. The predicted octanol–water partition coefficient (Wildman–Crippen LogP) is 3.90. The van der Waals surface area contributed by atoms with Gasteiger partial charge >= 0.3 is 0 Å². The average molecular weight is 452 g/mol. The van der Waals surface area contributed by atoms with Crippen LogP contribution in [0.3, 0.4) is 0 Å². The Morgan fingerprint density at radius 2 is 1.84 bits per heavy atom. The molecular weight excluding hydrogens is 431 g/mol. The number of hydrogen-bond acceptors (Lipinski definition) is 4. The van der Waals surface area contributed by atoms with Crippen LogP contribution in [0, 0.1) is 3.57 Å². The van der Waals surface area contributed by atoms with E-state index in [2.05, 4.69) is 33.2 Å². The van der Waals surface area contributed by atoms with Gasteiger partial charge in [0.2, 0.25) is 5.91 Å². The van der Waals surface area contributed by atoms with Crippen LogP contribution in [-0.4, -0.2) is 31.8 Å². The molecule has 0 radical (unpaired) electrons. The highest BCUT2D eigenvalue weighted by molar-refractivity contribution is 14.1. The summed E-state index contributed by atoms with van der Waals surface area (Å²) in [7, 11) is 0.